The molecule has 0 atom stereocenters. The second kappa shape index (κ2) is 4.97. The summed E-state index contributed by atoms with van der Waals surface area (Å²) in [5.41, 5.74) is 2.74. The average Bonchev–Trinajstić information content (AvgIpc) is 2.31. The number of benzene rings is 1. The van der Waals surface area contributed by atoms with Gasteiger partial charge >= 0.3 is 0 Å². The van der Waals surface area contributed by atoms with Gasteiger partial charge in [-0.05, 0) is 23.9 Å². The zero-order valence-electron chi connectivity index (χ0n) is 9.92. The molecule has 0 aliphatic rings. The van der Waals surface area contributed by atoms with E-state index in [1.54, 1.807) is 6.08 Å². The molecule has 0 spiro atoms. The Kier molecular flexibility index (Phi) is 3.40. The molecule has 3 heteroatoms. The number of para-hydroxylation sites is 1. The van der Waals surface area contributed by atoms with Gasteiger partial charge in [0, 0.05) is 18.7 Å². The molecule has 17 heavy (non-hydrogen) atoms. The first-order valence-corrected chi connectivity index (χ1v) is 5.65. The summed E-state index contributed by atoms with van der Waals surface area (Å²) in [5.74, 6) is 0. The third-order valence-corrected chi connectivity index (χ3v) is 2.77. The van der Waals surface area contributed by atoms with E-state index in [9.17, 15) is 4.79 Å². The molecule has 2 rings (SSSR count). The molecule has 1 aromatic heterocycles. The van der Waals surface area contributed by atoms with Gasteiger partial charge in [-0.25, -0.2) is 0 Å². The number of hydrogen-bond acceptors (Lipinski definition) is 2. The molecule has 0 fully saturated rings. The van der Waals surface area contributed by atoms with Crippen LogP contribution in [0.5, 0.6) is 0 Å². The minimum atomic E-state index is -0.0247. The molecule has 0 saturated heterocycles. The highest BCUT2D eigenvalue weighted by atomic mass is 16.1. The summed E-state index contributed by atoms with van der Waals surface area (Å²) in [6.45, 7) is 6.88. The highest BCUT2D eigenvalue weighted by molar-refractivity contribution is 5.81. The van der Waals surface area contributed by atoms with Crippen molar-refractivity contribution in [2.45, 2.75) is 13.5 Å². The van der Waals surface area contributed by atoms with Crippen LogP contribution in [0.3, 0.4) is 0 Å². The predicted molar refractivity (Wildman–Crippen MR) is 71.2 cm³/mol. The van der Waals surface area contributed by atoms with Crippen molar-refractivity contribution in [1.29, 1.82) is 0 Å². The summed E-state index contributed by atoms with van der Waals surface area (Å²) >= 11 is 0. The number of H-pyrrole nitrogens is 1. The third kappa shape index (κ3) is 2.45. The van der Waals surface area contributed by atoms with Crippen LogP contribution in [0.4, 0.5) is 0 Å². The lowest BCUT2D eigenvalue weighted by atomic mass is 10.1. The van der Waals surface area contributed by atoms with Crippen molar-refractivity contribution in [3.63, 3.8) is 0 Å². The summed E-state index contributed by atoms with van der Waals surface area (Å²) in [4.78, 5) is 14.8. The molecule has 0 aliphatic carbocycles. The van der Waals surface area contributed by atoms with Gasteiger partial charge in [-0.1, -0.05) is 24.3 Å². The Hall–Kier alpha value is -1.87. The lowest BCUT2D eigenvalue weighted by Gasteiger charge is -2.05. The smallest absolute Gasteiger partial charge is 0.252 e. The standard InChI is InChI=1S/C14H16N2O/c1-3-7-15-9-12-8-11-6-4-5-10(2)13(11)16-14(12)17/h3-6,8,15H,1,7,9H2,2H3,(H,16,17). The number of aromatic amines is 1. The van der Waals surface area contributed by atoms with Crippen molar-refractivity contribution in [3.05, 3.63) is 58.4 Å². The maximum absolute atomic E-state index is 11.9. The molecule has 1 aromatic carbocycles. The molecule has 0 unspecified atom stereocenters. The Morgan fingerprint density at radius 1 is 1.47 bits per heavy atom. The van der Waals surface area contributed by atoms with Gasteiger partial charge in [-0.3, -0.25) is 4.79 Å². The number of aryl methyl sites for hydroxylation is 1. The molecular formula is C14H16N2O. The Morgan fingerprint density at radius 2 is 2.29 bits per heavy atom. The lowest BCUT2D eigenvalue weighted by Crippen LogP contribution is -2.21. The van der Waals surface area contributed by atoms with Crippen molar-refractivity contribution >= 4 is 10.9 Å². The van der Waals surface area contributed by atoms with E-state index in [1.165, 1.54) is 0 Å². The second-order valence-corrected chi connectivity index (χ2v) is 4.08. The SMILES string of the molecule is C=CCNCc1cc2cccc(C)c2[nH]c1=O. The Balaban J connectivity index is 2.42. The molecule has 3 nitrogen and oxygen atoms in total. The van der Waals surface area contributed by atoms with Gasteiger partial charge in [0.25, 0.3) is 5.56 Å². The Morgan fingerprint density at radius 3 is 3.06 bits per heavy atom. The first kappa shape index (κ1) is 11.6. The lowest BCUT2D eigenvalue weighted by molar-refractivity contribution is 0.753. The van der Waals surface area contributed by atoms with Gasteiger partial charge in [0.1, 0.15) is 0 Å². The van der Waals surface area contributed by atoms with Gasteiger partial charge in [0.05, 0.1) is 5.52 Å². The first-order valence-electron chi connectivity index (χ1n) is 5.65. The van der Waals surface area contributed by atoms with Gasteiger partial charge in [0.2, 0.25) is 0 Å². The van der Waals surface area contributed by atoms with Crippen molar-refractivity contribution < 1.29 is 0 Å². The van der Waals surface area contributed by atoms with Gasteiger partial charge in [-0.2, -0.15) is 0 Å². The van der Waals surface area contributed by atoms with Crippen LogP contribution >= 0.6 is 0 Å². The average molecular weight is 228 g/mol. The van der Waals surface area contributed by atoms with Crippen molar-refractivity contribution in [2.75, 3.05) is 6.54 Å². The Labute approximate surface area is 100 Å². The molecule has 88 valence electrons. The van der Waals surface area contributed by atoms with Crippen molar-refractivity contribution in [1.82, 2.24) is 10.3 Å². The largest absolute Gasteiger partial charge is 0.321 e. The molecule has 1 heterocycles. The number of aromatic nitrogens is 1. The number of fused-ring (bicyclic) bond motifs is 1. The second-order valence-electron chi connectivity index (χ2n) is 4.08. The topological polar surface area (TPSA) is 44.9 Å². The van der Waals surface area contributed by atoms with E-state index in [0.717, 1.165) is 22.0 Å². The van der Waals surface area contributed by atoms with Gasteiger partial charge < -0.3 is 10.3 Å². The summed E-state index contributed by atoms with van der Waals surface area (Å²) in [6, 6.07) is 7.94. The van der Waals surface area contributed by atoms with E-state index in [4.69, 9.17) is 0 Å². The normalized spacial score (nSPS) is 10.6. The highest BCUT2D eigenvalue weighted by Crippen LogP contribution is 2.14. The zero-order valence-corrected chi connectivity index (χ0v) is 9.92. The van der Waals surface area contributed by atoms with Crippen LogP contribution in [0.25, 0.3) is 10.9 Å². The number of hydrogen-bond donors (Lipinski definition) is 2. The minimum absolute atomic E-state index is 0.0247. The summed E-state index contributed by atoms with van der Waals surface area (Å²) in [6.07, 6.45) is 1.78. The molecular weight excluding hydrogens is 212 g/mol. The first-order chi connectivity index (χ1) is 8.22. The van der Waals surface area contributed by atoms with E-state index in [1.807, 2.05) is 31.2 Å². The van der Waals surface area contributed by atoms with Gasteiger partial charge in [0.15, 0.2) is 0 Å². The molecule has 0 amide bonds. The predicted octanol–water partition coefficient (Wildman–Crippen LogP) is 2.11. The van der Waals surface area contributed by atoms with Crippen LogP contribution < -0.4 is 10.9 Å². The van der Waals surface area contributed by atoms with Crippen LogP contribution in [0.2, 0.25) is 0 Å². The minimum Gasteiger partial charge on any atom is -0.321 e. The fourth-order valence-corrected chi connectivity index (χ4v) is 1.87. The summed E-state index contributed by atoms with van der Waals surface area (Å²) < 4.78 is 0. The highest BCUT2D eigenvalue weighted by Gasteiger charge is 2.03. The molecule has 2 N–H and O–H groups in total. The molecule has 2 aromatic rings. The maximum Gasteiger partial charge on any atom is 0.252 e. The van der Waals surface area contributed by atoms with E-state index < -0.39 is 0 Å². The third-order valence-electron chi connectivity index (χ3n) is 2.77. The monoisotopic (exact) mass is 228 g/mol. The quantitative estimate of drug-likeness (QED) is 0.622. The maximum atomic E-state index is 11.9. The Bertz CT molecular complexity index is 599. The summed E-state index contributed by atoms with van der Waals surface area (Å²) in [5, 5.41) is 4.20. The van der Waals surface area contributed by atoms with E-state index in [0.29, 0.717) is 13.1 Å². The van der Waals surface area contributed by atoms with Crippen molar-refractivity contribution in [2.24, 2.45) is 0 Å². The van der Waals surface area contributed by atoms with Crippen LogP contribution in [0, 0.1) is 6.92 Å². The van der Waals surface area contributed by atoms with E-state index in [2.05, 4.69) is 16.9 Å². The number of pyridine rings is 1. The summed E-state index contributed by atoms with van der Waals surface area (Å²) in [7, 11) is 0. The van der Waals surface area contributed by atoms with Gasteiger partial charge in [-0.15, -0.1) is 6.58 Å². The molecule has 0 bridgehead atoms. The fraction of sp³-hybridized carbons (Fsp3) is 0.214. The number of rotatable bonds is 4. The molecule has 0 aliphatic heterocycles. The molecule has 0 radical (unpaired) electrons. The van der Waals surface area contributed by atoms with Crippen LogP contribution in [0.15, 0.2) is 41.7 Å². The van der Waals surface area contributed by atoms with Crippen LogP contribution in [-0.4, -0.2) is 11.5 Å². The van der Waals surface area contributed by atoms with Crippen LogP contribution in [0.1, 0.15) is 11.1 Å². The number of nitrogens with one attached hydrogen (secondary N) is 2. The zero-order chi connectivity index (χ0) is 12.3. The van der Waals surface area contributed by atoms with E-state index in [-0.39, 0.29) is 5.56 Å². The van der Waals surface area contributed by atoms with Crippen molar-refractivity contribution in [3.8, 4) is 0 Å². The van der Waals surface area contributed by atoms with E-state index >= 15 is 0 Å². The fourth-order valence-electron chi connectivity index (χ4n) is 1.87. The molecule has 0 saturated carbocycles. The van der Waals surface area contributed by atoms with Crippen LogP contribution in [-0.2, 0) is 6.54 Å².